The average Bonchev–Trinajstić information content (AvgIpc) is 2.81. The van der Waals surface area contributed by atoms with Crippen LogP contribution in [0, 0.1) is 0 Å². The van der Waals surface area contributed by atoms with Gasteiger partial charge in [0.1, 0.15) is 10.6 Å². The van der Waals surface area contributed by atoms with Crippen LogP contribution in [0.25, 0.3) is 0 Å². The van der Waals surface area contributed by atoms with E-state index in [-0.39, 0.29) is 28.0 Å². The van der Waals surface area contributed by atoms with E-state index in [2.05, 4.69) is 9.88 Å². The van der Waals surface area contributed by atoms with Crippen molar-refractivity contribution in [3.63, 3.8) is 0 Å². The molecule has 0 amide bonds. The summed E-state index contributed by atoms with van der Waals surface area (Å²) in [6, 6.07) is 14.6. The van der Waals surface area contributed by atoms with Crippen molar-refractivity contribution in [3.05, 3.63) is 87.3 Å². The largest absolute Gasteiger partial charge is 0.508 e. The second-order valence-electron chi connectivity index (χ2n) is 9.93. The first-order chi connectivity index (χ1) is 16.2. The number of aromatic nitrogens is 1. The van der Waals surface area contributed by atoms with Gasteiger partial charge in [-0.1, -0.05) is 24.3 Å². The molecule has 1 aliphatic heterocycles. The van der Waals surface area contributed by atoms with Crippen molar-refractivity contribution in [2.24, 2.45) is 0 Å². The van der Waals surface area contributed by atoms with Gasteiger partial charge in [-0.3, -0.25) is 4.79 Å². The zero-order valence-corrected chi connectivity index (χ0v) is 19.6. The van der Waals surface area contributed by atoms with Crippen molar-refractivity contribution < 1.29 is 18.6 Å². The van der Waals surface area contributed by atoms with E-state index in [1.54, 1.807) is 30.3 Å². The number of hydrogen-bond acceptors (Lipinski definition) is 6. The molecule has 3 aromatic rings. The van der Waals surface area contributed by atoms with Gasteiger partial charge >= 0.3 is 0 Å². The van der Waals surface area contributed by atoms with Gasteiger partial charge in [0, 0.05) is 30.0 Å². The number of benzene rings is 2. The number of phenolic OH excluding ortho intramolecular Hbond substituents is 1. The lowest BCUT2D eigenvalue weighted by Gasteiger charge is -2.63. The first-order valence-corrected chi connectivity index (χ1v) is 12.9. The number of phenols is 1. The monoisotopic (exact) mass is 478 g/mol. The van der Waals surface area contributed by atoms with Crippen LogP contribution in [0.3, 0.4) is 0 Å². The highest BCUT2D eigenvalue weighted by Crippen LogP contribution is 2.56. The standard InChI is InChI=1S/C26H26N2O5S/c1-28-10-9-25-15-21-17(11-22(24(30)27-21)34(32,33)19-5-3-2-4-6-19)14-26(25,31)23(28)12-16-7-8-18(29)13-20(16)25/h2-8,11,13,23,29,31H,9-10,12,14-15H2,1H3,(H,27,30). The number of nitrogens with zero attached hydrogens (tertiary/aromatic N) is 1. The van der Waals surface area contributed by atoms with Gasteiger partial charge in [0.15, 0.2) is 0 Å². The normalized spacial score (nSPS) is 28.0. The average molecular weight is 479 g/mol. The molecule has 3 aliphatic rings. The minimum Gasteiger partial charge on any atom is -0.508 e. The second-order valence-corrected chi connectivity index (χ2v) is 11.9. The van der Waals surface area contributed by atoms with Crippen molar-refractivity contribution in [1.82, 2.24) is 9.88 Å². The smallest absolute Gasteiger partial charge is 0.267 e. The number of rotatable bonds is 2. The Bertz CT molecular complexity index is 1480. The Morgan fingerprint density at radius 1 is 1.06 bits per heavy atom. The second kappa shape index (κ2) is 7.04. The van der Waals surface area contributed by atoms with Gasteiger partial charge < -0.3 is 20.1 Å². The summed E-state index contributed by atoms with van der Waals surface area (Å²) in [4.78, 5) is 17.8. The van der Waals surface area contributed by atoms with E-state index in [0.717, 1.165) is 17.7 Å². The van der Waals surface area contributed by atoms with E-state index in [0.29, 0.717) is 30.5 Å². The van der Waals surface area contributed by atoms with Crippen LogP contribution in [0.15, 0.2) is 69.2 Å². The summed E-state index contributed by atoms with van der Waals surface area (Å²) in [5.74, 6) is 0.149. The number of nitrogens with one attached hydrogen (secondary N) is 1. The number of pyridine rings is 1. The van der Waals surface area contributed by atoms with Gasteiger partial charge in [-0.2, -0.15) is 0 Å². The lowest BCUT2D eigenvalue weighted by Crippen LogP contribution is -2.73. The summed E-state index contributed by atoms with van der Waals surface area (Å²) < 4.78 is 26.5. The van der Waals surface area contributed by atoms with Gasteiger partial charge in [-0.15, -0.1) is 0 Å². The Balaban J connectivity index is 1.55. The Hall–Kier alpha value is -2.94. The lowest BCUT2D eigenvalue weighted by molar-refractivity contribution is -0.145. The predicted octanol–water partition coefficient (Wildman–Crippen LogP) is 1.94. The summed E-state index contributed by atoms with van der Waals surface area (Å²) in [6.45, 7) is 0.780. The molecule has 1 saturated heterocycles. The summed E-state index contributed by atoms with van der Waals surface area (Å²) >= 11 is 0. The van der Waals surface area contributed by atoms with Crippen LogP contribution < -0.4 is 5.56 Å². The Morgan fingerprint density at radius 3 is 2.59 bits per heavy atom. The number of piperidine rings is 1. The van der Waals surface area contributed by atoms with Crippen LogP contribution in [0.5, 0.6) is 5.75 Å². The zero-order chi connectivity index (χ0) is 23.9. The summed E-state index contributed by atoms with van der Waals surface area (Å²) in [7, 11) is -2.00. The van der Waals surface area contributed by atoms with Gasteiger partial charge in [0.25, 0.3) is 5.56 Å². The molecule has 3 atom stereocenters. The number of aliphatic hydroxyl groups is 1. The molecule has 0 spiro atoms. The highest BCUT2D eigenvalue weighted by Gasteiger charge is 2.64. The minimum absolute atomic E-state index is 0.0603. The van der Waals surface area contributed by atoms with Crippen LogP contribution in [-0.2, 0) is 34.5 Å². The number of aromatic hydroxyl groups is 1. The van der Waals surface area contributed by atoms with E-state index in [9.17, 15) is 23.4 Å². The van der Waals surface area contributed by atoms with E-state index in [4.69, 9.17) is 0 Å². The number of H-pyrrole nitrogens is 1. The molecule has 8 heteroatoms. The van der Waals surface area contributed by atoms with Crippen molar-refractivity contribution in [2.45, 2.75) is 52.5 Å². The van der Waals surface area contributed by atoms with Crippen molar-refractivity contribution in [2.75, 3.05) is 13.6 Å². The number of sulfone groups is 1. The molecule has 3 N–H and O–H groups in total. The molecule has 3 unspecified atom stereocenters. The van der Waals surface area contributed by atoms with Crippen molar-refractivity contribution in [3.8, 4) is 5.75 Å². The van der Waals surface area contributed by atoms with Crippen LogP contribution in [0.4, 0.5) is 0 Å². The molecule has 2 heterocycles. The number of likely N-dealkylation sites (tertiary alicyclic amines) is 1. The molecule has 6 rings (SSSR count). The maximum absolute atomic E-state index is 13.2. The first kappa shape index (κ1) is 21.6. The molecule has 7 nitrogen and oxygen atoms in total. The van der Waals surface area contributed by atoms with Crippen LogP contribution >= 0.6 is 0 Å². The zero-order valence-electron chi connectivity index (χ0n) is 18.8. The summed E-state index contributed by atoms with van der Waals surface area (Å²) in [5.41, 5.74) is 0.824. The van der Waals surface area contributed by atoms with Gasteiger partial charge in [-0.05, 0) is 73.5 Å². The quantitative estimate of drug-likeness (QED) is 0.519. The third-order valence-corrected chi connectivity index (χ3v) is 10.1. The molecule has 0 radical (unpaired) electrons. The number of likely N-dealkylation sites (N-methyl/N-ethyl adjacent to an activating group) is 1. The number of hydrogen-bond donors (Lipinski definition) is 3. The van der Waals surface area contributed by atoms with Crippen molar-refractivity contribution in [1.29, 1.82) is 0 Å². The predicted molar refractivity (Wildman–Crippen MR) is 126 cm³/mol. The third kappa shape index (κ3) is 2.76. The lowest BCUT2D eigenvalue weighted by atomic mass is 9.49. The molecular weight excluding hydrogens is 452 g/mol. The summed E-state index contributed by atoms with van der Waals surface area (Å²) in [5, 5.41) is 22.6. The molecular formula is C26H26N2O5S. The number of aromatic amines is 1. The summed E-state index contributed by atoms with van der Waals surface area (Å²) in [6.07, 6.45) is 1.90. The van der Waals surface area contributed by atoms with E-state index in [1.807, 2.05) is 13.1 Å². The van der Waals surface area contributed by atoms with Gasteiger partial charge in [-0.25, -0.2) is 8.42 Å². The van der Waals surface area contributed by atoms with Crippen molar-refractivity contribution >= 4 is 9.84 Å². The SMILES string of the molecule is CN1CCC23Cc4[nH]c(=O)c(S(=O)(=O)c5ccccc5)cc4CC2(O)C1Cc1ccc(O)cc13. The van der Waals surface area contributed by atoms with E-state index in [1.165, 1.54) is 18.2 Å². The van der Waals surface area contributed by atoms with Gasteiger partial charge in [0.05, 0.1) is 10.5 Å². The third-order valence-electron chi connectivity index (χ3n) is 8.29. The molecule has 2 aliphatic carbocycles. The Morgan fingerprint density at radius 2 is 1.82 bits per heavy atom. The van der Waals surface area contributed by atoms with Crippen LogP contribution in [0.2, 0.25) is 0 Å². The maximum atomic E-state index is 13.2. The molecule has 34 heavy (non-hydrogen) atoms. The maximum Gasteiger partial charge on any atom is 0.267 e. The highest BCUT2D eigenvalue weighted by molar-refractivity contribution is 7.91. The van der Waals surface area contributed by atoms with Gasteiger partial charge in [0.2, 0.25) is 9.84 Å². The molecule has 0 saturated carbocycles. The molecule has 176 valence electrons. The van der Waals surface area contributed by atoms with Crippen LogP contribution in [0.1, 0.15) is 28.8 Å². The molecule has 1 aromatic heterocycles. The number of fused-ring (bicyclic) bond motifs is 2. The van der Waals surface area contributed by atoms with E-state index < -0.39 is 26.4 Å². The van der Waals surface area contributed by atoms with E-state index >= 15 is 0 Å². The topological polar surface area (TPSA) is 111 Å². The fraction of sp³-hybridized carbons (Fsp3) is 0.346. The fourth-order valence-electron chi connectivity index (χ4n) is 6.56. The molecule has 2 aromatic carbocycles. The Labute approximate surface area is 197 Å². The fourth-order valence-corrected chi connectivity index (χ4v) is 7.92. The molecule has 1 fully saturated rings. The molecule has 2 bridgehead atoms. The Kier molecular flexibility index (Phi) is 4.47. The van der Waals surface area contributed by atoms with Crippen LogP contribution in [-0.4, -0.2) is 53.8 Å². The first-order valence-electron chi connectivity index (χ1n) is 11.5. The highest BCUT2D eigenvalue weighted by atomic mass is 32.2. The minimum atomic E-state index is -4.01.